The molecular weight excluding hydrogens is 376 g/mol. The second-order valence-electron chi connectivity index (χ2n) is 7.46. The van der Waals surface area contributed by atoms with Crippen molar-refractivity contribution in [2.75, 3.05) is 18.4 Å². The van der Waals surface area contributed by atoms with Crippen molar-refractivity contribution in [3.63, 3.8) is 0 Å². The number of nitrogens with zero attached hydrogens (tertiary/aromatic N) is 3. The maximum atomic E-state index is 12.9. The third-order valence-corrected chi connectivity index (χ3v) is 5.25. The Balaban J connectivity index is 1.79. The highest BCUT2D eigenvalue weighted by molar-refractivity contribution is 5.93. The molecule has 0 bridgehead atoms. The molecule has 0 aliphatic carbocycles. The lowest BCUT2D eigenvalue weighted by atomic mass is 10.2. The van der Waals surface area contributed by atoms with Crippen LogP contribution >= 0.6 is 0 Å². The van der Waals surface area contributed by atoms with Gasteiger partial charge in [-0.05, 0) is 50.1 Å². The van der Waals surface area contributed by atoms with Crippen LogP contribution in [0.15, 0.2) is 53.1 Å². The number of hydrogen-bond donors (Lipinski definition) is 1. The van der Waals surface area contributed by atoms with E-state index in [0.717, 1.165) is 30.0 Å². The fourth-order valence-corrected chi connectivity index (χ4v) is 3.63. The van der Waals surface area contributed by atoms with E-state index in [2.05, 4.69) is 35.3 Å². The first-order valence-corrected chi connectivity index (χ1v) is 10.2. The van der Waals surface area contributed by atoms with Gasteiger partial charge in [0.05, 0.1) is 24.9 Å². The van der Waals surface area contributed by atoms with Crippen LogP contribution < -0.4 is 5.32 Å². The molecule has 30 heavy (non-hydrogen) atoms. The van der Waals surface area contributed by atoms with Crippen LogP contribution in [0.4, 0.5) is 5.82 Å². The van der Waals surface area contributed by atoms with Gasteiger partial charge in [0.25, 0.3) is 0 Å². The maximum absolute atomic E-state index is 12.9. The summed E-state index contributed by atoms with van der Waals surface area (Å²) < 4.78 is 7.41. The molecule has 6 heteroatoms. The summed E-state index contributed by atoms with van der Waals surface area (Å²) in [5.41, 5.74) is 3.48. The van der Waals surface area contributed by atoms with Crippen molar-refractivity contribution in [3.8, 4) is 6.07 Å². The molecule has 6 nitrogen and oxygen atoms in total. The molecule has 2 heterocycles. The van der Waals surface area contributed by atoms with Gasteiger partial charge in [0, 0.05) is 12.2 Å². The van der Waals surface area contributed by atoms with E-state index in [-0.39, 0.29) is 12.5 Å². The van der Waals surface area contributed by atoms with Crippen LogP contribution in [0.25, 0.3) is 0 Å². The standard InChI is InChI=1S/C24H28N4O2/c1-4-12-27(15-20-9-6-5-7-10-20)17-23(29)26-24-22(14-25)18(2)19(3)28(24)16-21-11-8-13-30-21/h5-11,13H,4,12,15-17H2,1-3H3,(H,26,29). The lowest BCUT2D eigenvalue weighted by Gasteiger charge is -2.21. The third-order valence-electron chi connectivity index (χ3n) is 5.25. The Labute approximate surface area is 177 Å². The molecule has 0 fully saturated rings. The zero-order valence-electron chi connectivity index (χ0n) is 17.8. The monoisotopic (exact) mass is 404 g/mol. The largest absolute Gasteiger partial charge is 0.467 e. The molecule has 3 rings (SSSR count). The predicted octanol–water partition coefficient (Wildman–Crippen LogP) is 4.47. The highest BCUT2D eigenvalue weighted by Gasteiger charge is 2.21. The van der Waals surface area contributed by atoms with Crippen molar-refractivity contribution in [1.29, 1.82) is 5.26 Å². The quantitative estimate of drug-likeness (QED) is 0.571. The van der Waals surface area contributed by atoms with Gasteiger partial charge in [-0.25, -0.2) is 0 Å². The molecule has 0 spiro atoms. The fraction of sp³-hybridized carbons (Fsp3) is 0.333. The van der Waals surface area contributed by atoms with Crippen molar-refractivity contribution in [3.05, 3.63) is 76.9 Å². The van der Waals surface area contributed by atoms with E-state index in [1.54, 1.807) is 6.26 Å². The first-order valence-electron chi connectivity index (χ1n) is 10.2. The van der Waals surface area contributed by atoms with Crippen LogP contribution in [0.5, 0.6) is 0 Å². The van der Waals surface area contributed by atoms with Crippen molar-refractivity contribution in [1.82, 2.24) is 9.47 Å². The Morgan fingerprint density at radius 3 is 2.60 bits per heavy atom. The van der Waals surface area contributed by atoms with E-state index in [0.29, 0.717) is 24.5 Å². The predicted molar refractivity (Wildman–Crippen MR) is 117 cm³/mol. The van der Waals surface area contributed by atoms with Gasteiger partial charge in [0.2, 0.25) is 5.91 Å². The normalized spacial score (nSPS) is 10.9. The van der Waals surface area contributed by atoms with E-state index in [1.165, 1.54) is 5.56 Å². The molecule has 0 saturated heterocycles. The molecule has 1 aromatic carbocycles. The highest BCUT2D eigenvalue weighted by atomic mass is 16.3. The SMILES string of the molecule is CCCN(CC(=O)Nc1c(C#N)c(C)c(C)n1Cc1ccco1)Cc1ccccc1. The topological polar surface area (TPSA) is 74.2 Å². The summed E-state index contributed by atoms with van der Waals surface area (Å²) in [4.78, 5) is 15.1. The lowest BCUT2D eigenvalue weighted by molar-refractivity contribution is -0.117. The number of carbonyl (C=O) groups excluding carboxylic acids is 1. The van der Waals surface area contributed by atoms with Crippen molar-refractivity contribution in [2.45, 2.75) is 40.3 Å². The Morgan fingerprint density at radius 1 is 1.20 bits per heavy atom. The van der Waals surface area contributed by atoms with Gasteiger partial charge in [0.1, 0.15) is 17.6 Å². The molecule has 0 radical (unpaired) electrons. The molecule has 2 aromatic heterocycles. The summed E-state index contributed by atoms with van der Waals surface area (Å²) >= 11 is 0. The smallest absolute Gasteiger partial charge is 0.239 e. The number of aromatic nitrogens is 1. The lowest BCUT2D eigenvalue weighted by Crippen LogP contribution is -2.34. The van der Waals surface area contributed by atoms with E-state index in [4.69, 9.17) is 4.42 Å². The number of carbonyl (C=O) groups is 1. The fourth-order valence-electron chi connectivity index (χ4n) is 3.63. The van der Waals surface area contributed by atoms with E-state index >= 15 is 0 Å². The van der Waals surface area contributed by atoms with Gasteiger partial charge in [0.15, 0.2) is 0 Å². The van der Waals surface area contributed by atoms with Crippen molar-refractivity contribution < 1.29 is 9.21 Å². The first-order chi connectivity index (χ1) is 14.5. The third kappa shape index (κ3) is 5.00. The molecule has 1 amide bonds. The molecule has 0 aliphatic rings. The first kappa shape index (κ1) is 21.4. The van der Waals surface area contributed by atoms with E-state index < -0.39 is 0 Å². The molecule has 1 N–H and O–H groups in total. The number of amides is 1. The van der Waals surface area contributed by atoms with Crippen molar-refractivity contribution >= 4 is 11.7 Å². The molecule has 3 aromatic rings. The highest BCUT2D eigenvalue weighted by Crippen LogP contribution is 2.27. The molecule has 0 unspecified atom stereocenters. The Morgan fingerprint density at radius 2 is 1.97 bits per heavy atom. The number of benzene rings is 1. The van der Waals surface area contributed by atoms with Crippen LogP contribution in [-0.4, -0.2) is 28.5 Å². The summed E-state index contributed by atoms with van der Waals surface area (Å²) in [5.74, 6) is 1.17. The minimum absolute atomic E-state index is 0.130. The number of nitrogens with one attached hydrogen (secondary N) is 1. The summed E-state index contributed by atoms with van der Waals surface area (Å²) in [6.07, 6.45) is 2.58. The zero-order chi connectivity index (χ0) is 21.5. The Hall–Kier alpha value is -3.30. The van der Waals surface area contributed by atoms with Gasteiger partial charge in [-0.3, -0.25) is 9.69 Å². The summed E-state index contributed by atoms with van der Waals surface area (Å²) in [6.45, 7) is 8.20. The molecule has 156 valence electrons. The van der Waals surface area contributed by atoms with Gasteiger partial charge in [-0.15, -0.1) is 0 Å². The number of furan rings is 1. The van der Waals surface area contributed by atoms with Crippen LogP contribution in [0.2, 0.25) is 0 Å². The summed E-state index contributed by atoms with van der Waals surface area (Å²) in [5, 5.41) is 12.7. The Bertz CT molecular complexity index is 1010. The van der Waals surface area contributed by atoms with Crippen LogP contribution in [0, 0.1) is 25.2 Å². The average molecular weight is 405 g/mol. The van der Waals surface area contributed by atoms with E-state index in [9.17, 15) is 10.1 Å². The van der Waals surface area contributed by atoms with Crippen molar-refractivity contribution in [2.24, 2.45) is 0 Å². The van der Waals surface area contributed by atoms with E-state index in [1.807, 2.05) is 48.7 Å². The second kappa shape index (κ2) is 9.95. The number of rotatable bonds is 9. The maximum Gasteiger partial charge on any atom is 0.239 e. The average Bonchev–Trinajstić information content (AvgIpc) is 3.32. The molecule has 0 aliphatic heterocycles. The summed E-state index contributed by atoms with van der Waals surface area (Å²) in [7, 11) is 0. The number of hydrogen-bond acceptors (Lipinski definition) is 4. The van der Waals surface area contributed by atoms with Crippen LogP contribution in [0.1, 0.15) is 41.5 Å². The minimum Gasteiger partial charge on any atom is -0.467 e. The van der Waals surface area contributed by atoms with Crippen LogP contribution in [0.3, 0.4) is 0 Å². The zero-order valence-corrected chi connectivity index (χ0v) is 17.8. The number of anilines is 1. The van der Waals surface area contributed by atoms with Gasteiger partial charge < -0.3 is 14.3 Å². The van der Waals surface area contributed by atoms with Gasteiger partial charge >= 0.3 is 0 Å². The Kier molecular flexibility index (Phi) is 7.10. The molecule has 0 saturated carbocycles. The van der Waals surface area contributed by atoms with Gasteiger partial charge in [-0.2, -0.15) is 5.26 Å². The summed E-state index contributed by atoms with van der Waals surface area (Å²) in [6, 6.07) is 16.1. The van der Waals surface area contributed by atoms with Gasteiger partial charge in [-0.1, -0.05) is 37.3 Å². The second-order valence-corrected chi connectivity index (χ2v) is 7.46. The van der Waals surface area contributed by atoms with Crippen LogP contribution in [-0.2, 0) is 17.9 Å². The number of nitriles is 1. The molecule has 0 atom stereocenters. The minimum atomic E-state index is -0.130. The molecular formula is C24H28N4O2.